The number of carbonyl (C=O) groups excluding carboxylic acids is 3. The highest BCUT2D eigenvalue weighted by Crippen LogP contribution is 2.17. The lowest BCUT2D eigenvalue weighted by atomic mass is 9.91. The lowest BCUT2D eigenvalue weighted by molar-refractivity contribution is -0.150. The Kier molecular flexibility index (Phi) is 8.99. The monoisotopic (exact) mass is 370 g/mol. The summed E-state index contributed by atoms with van der Waals surface area (Å²) in [4.78, 5) is 45.8. The van der Waals surface area contributed by atoms with Crippen molar-refractivity contribution in [3.8, 4) is 0 Å². The van der Waals surface area contributed by atoms with Gasteiger partial charge in [0.15, 0.2) is 11.6 Å². The Hall–Kier alpha value is -2.89. The molecule has 0 saturated carbocycles. The number of aromatic nitrogens is 1. The smallest absolute Gasteiger partial charge is 0.316 e. The molecule has 0 fully saturated rings. The van der Waals surface area contributed by atoms with Crippen LogP contribution < -0.4 is 0 Å². The minimum Gasteiger partial charge on any atom is -0.465 e. The summed E-state index contributed by atoms with van der Waals surface area (Å²) >= 11 is 0. The highest BCUT2D eigenvalue weighted by atomic mass is 16.5. The third-order valence-corrected chi connectivity index (χ3v) is 3.81. The van der Waals surface area contributed by atoms with Crippen LogP contribution in [0.15, 0.2) is 47.7 Å². The normalized spacial score (nSPS) is 12.7. The maximum atomic E-state index is 12.9. The average molecular weight is 370 g/mol. The maximum Gasteiger partial charge on any atom is 0.316 e. The first kappa shape index (κ1) is 22.2. The third-order valence-electron chi connectivity index (χ3n) is 3.81. The highest BCUT2D eigenvalue weighted by molar-refractivity contribution is 6.48. The number of ketones is 2. The summed E-state index contributed by atoms with van der Waals surface area (Å²) < 4.78 is 5.03. The van der Waals surface area contributed by atoms with Crippen molar-refractivity contribution < 1.29 is 19.1 Å². The van der Waals surface area contributed by atoms with Gasteiger partial charge in [-0.25, -0.2) is 0 Å². The van der Waals surface area contributed by atoms with Gasteiger partial charge in [0.1, 0.15) is 17.3 Å². The molecule has 1 heterocycles. The molecule has 6 heteroatoms. The molecule has 1 unspecified atom stereocenters. The van der Waals surface area contributed by atoms with Gasteiger partial charge in [0.05, 0.1) is 6.61 Å². The number of nitrogens with zero attached hydrogens (tertiary/aromatic N) is 2. The summed E-state index contributed by atoms with van der Waals surface area (Å²) in [5.74, 6) is -2.50. The molecule has 0 aliphatic rings. The van der Waals surface area contributed by atoms with E-state index < -0.39 is 17.7 Å². The molecule has 0 radical (unpaired) electrons. The van der Waals surface area contributed by atoms with E-state index in [0.29, 0.717) is 11.3 Å². The molecule has 1 atom stereocenters. The van der Waals surface area contributed by atoms with Gasteiger partial charge in [-0.05, 0) is 51.3 Å². The van der Waals surface area contributed by atoms with Crippen molar-refractivity contribution in [1.82, 2.24) is 4.98 Å². The Morgan fingerprint density at radius 3 is 2.63 bits per heavy atom. The van der Waals surface area contributed by atoms with Gasteiger partial charge in [0.25, 0.3) is 0 Å². The fourth-order valence-electron chi connectivity index (χ4n) is 2.47. The van der Waals surface area contributed by atoms with E-state index >= 15 is 0 Å². The molecule has 27 heavy (non-hydrogen) atoms. The first-order chi connectivity index (χ1) is 12.8. The van der Waals surface area contributed by atoms with E-state index in [1.807, 2.05) is 0 Å². The summed E-state index contributed by atoms with van der Waals surface area (Å²) in [6.07, 6.45) is 4.70. The number of Topliss-reactive ketones (excluding diaryl/α,β-unsaturated/α-hetero) is 2. The molecule has 0 aromatic carbocycles. The standard InChI is InChI=1S/C21H26N2O4/c1-6-12-22-18(14(3)4)20(25)16(21(26)27-7-2)10-11-17(24)19-15(5)9-8-13-23-19/h6,8-9,12-13,16H,3,7,10-11H2,1-2,4-5H3/b12-6-,22-18?. The summed E-state index contributed by atoms with van der Waals surface area (Å²) in [6.45, 7) is 10.8. The Balaban J connectivity index is 3.05. The van der Waals surface area contributed by atoms with Gasteiger partial charge in [0, 0.05) is 18.8 Å². The Labute approximate surface area is 160 Å². The second kappa shape index (κ2) is 11.0. The van der Waals surface area contributed by atoms with E-state index in [1.165, 1.54) is 12.4 Å². The van der Waals surface area contributed by atoms with Crippen LogP contribution in [0.2, 0.25) is 0 Å². The molecule has 144 valence electrons. The maximum absolute atomic E-state index is 12.9. The number of rotatable bonds is 10. The SMILES string of the molecule is C=C(C)C(=N/C=C\C)C(=O)C(CCC(=O)c1ncccc1C)C(=O)OCC. The molecule has 0 aliphatic carbocycles. The van der Waals surface area contributed by atoms with Crippen molar-refractivity contribution in [3.05, 3.63) is 54.0 Å². The minimum absolute atomic E-state index is 0.000161. The molecule has 0 spiro atoms. The molecule has 1 aromatic heterocycles. The highest BCUT2D eigenvalue weighted by Gasteiger charge is 2.32. The lowest BCUT2D eigenvalue weighted by Gasteiger charge is -2.15. The van der Waals surface area contributed by atoms with Gasteiger partial charge < -0.3 is 4.74 Å². The molecule has 0 amide bonds. The van der Waals surface area contributed by atoms with Crippen molar-refractivity contribution >= 4 is 23.2 Å². The quantitative estimate of drug-likeness (QED) is 0.272. The topological polar surface area (TPSA) is 85.7 Å². The molecule has 0 N–H and O–H groups in total. The zero-order valence-corrected chi connectivity index (χ0v) is 16.3. The molecule has 0 bridgehead atoms. The largest absolute Gasteiger partial charge is 0.465 e. The van der Waals surface area contributed by atoms with E-state index in [1.54, 1.807) is 45.9 Å². The predicted molar refractivity (Wildman–Crippen MR) is 105 cm³/mol. The fraction of sp³-hybridized carbons (Fsp3) is 0.381. The van der Waals surface area contributed by atoms with Gasteiger partial charge in [-0.2, -0.15) is 0 Å². The van der Waals surface area contributed by atoms with Gasteiger partial charge in [-0.15, -0.1) is 0 Å². The van der Waals surface area contributed by atoms with Crippen LogP contribution in [0.4, 0.5) is 0 Å². The summed E-state index contributed by atoms with van der Waals surface area (Å²) in [5, 5.41) is 0. The van der Waals surface area contributed by atoms with Crippen LogP contribution in [-0.4, -0.2) is 34.8 Å². The molecule has 1 aromatic rings. The minimum atomic E-state index is -1.11. The number of esters is 1. The fourth-order valence-corrected chi connectivity index (χ4v) is 2.47. The van der Waals surface area contributed by atoms with Crippen LogP contribution in [-0.2, 0) is 14.3 Å². The molecule has 6 nitrogen and oxygen atoms in total. The lowest BCUT2D eigenvalue weighted by Crippen LogP contribution is -2.32. The molecular formula is C21H26N2O4. The number of aliphatic imine (C=N–C) groups is 1. The summed E-state index contributed by atoms with van der Waals surface area (Å²) in [7, 11) is 0. The van der Waals surface area contributed by atoms with E-state index in [0.717, 1.165) is 5.56 Å². The van der Waals surface area contributed by atoms with Crippen molar-refractivity contribution in [2.75, 3.05) is 6.61 Å². The number of hydrogen-bond acceptors (Lipinski definition) is 6. The van der Waals surface area contributed by atoms with Crippen molar-refractivity contribution in [1.29, 1.82) is 0 Å². The third kappa shape index (κ3) is 6.40. The van der Waals surface area contributed by atoms with Crippen LogP contribution in [0.5, 0.6) is 0 Å². The van der Waals surface area contributed by atoms with Gasteiger partial charge in [-0.1, -0.05) is 18.7 Å². The van der Waals surface area contributed by atoms with Crippen LogP contribution in [0.25, 0.3) is 0 Å². The molecule has 0 aliphatic heterocycles. The first-order valence-electron chi connectivity index (χ1n) is 8.83. The number of ether oxygens (including phenoxy) is 1. The summed E-state index contributed by atoms with van der Waals surface area (Å²) in [5.41, 5.74) is 1.64. The van der Waals surface area contributed by atoms with E-state index in [2.05, 4.69) is 16.6 Å². The summed E-state index contributed by atoms with van der Waals surface area (Å²) in [6, 6.07) is 3.53. The van der Waals surface area contributed by atoms with Gasteiger partial charge >= 0.3 is 5.97 Å². The Bertz CT molecular complexity index is 778. The van der Waals surface area contributed by atoms with E-state index in [4.69, 9.17) is 4.74 Å². The Morgan fingerprint density at radius 1 is 1.37 bits per heavy atom. The number of carbonyl (C=O) groups is 3. The first-order valence-corrected chi connectivity index (χ1v) is 8.83. The molecule has 1 rings (SSSR count). The number of allylic oxidation sites excluding steroid dienone is 2. The van der Waals surface area contributed by atoms with Crippen LogP contribution in [0, 0.1) is 12.8 Å². The van der Waals surface area contributed by atoms with Crippen LogP contribution >= 0.6 is 0 Å². The number of hydrogen-bond donors (Lipinski definition) is 0. The number of pyridine rings is 1. The van der Waals surface area contributed by atoms with Gasteiger partial charge in [-0.3, -0.25) is 24.4 Å². The molecular weight excluding hydrogens is 344 g/mol. The second-order valence-electron chi connectivity index (χ2n) is 6.04. The van der Waals surface area contributed by atoms with E-state index in [9.17, 15) is 14.4 Å². The zero-order valence-electron chi connectivity index (χ0n) is 16.3. The van der Waals surface area contributed by atoms with Crippen molar-refractivity contribution in [2.24, 2.45) is 10.9 Å². The molecule has 0 saturated heterocycles. The van der Waals surface area contributed by atoms with Crippen molar-refractivity contribution in [3.63, 3.8) is 0 Å². The van der Waals surface area contributed by atoms with E-state index in [-0.39, 0.29) is 30.9 Å². The Morgan fingerprint density at radius 2 is 2.07 bits per heavy atom. The second-order valence-corrected chi connectivity index (χ2v) is 6.04. The zero-order chi connectivity index (χ0) is 20.4. The van der Waals surface area contributed by atoms with Crippen LogP contribution in [0.3, 0.4) is 0 Å². The van der Waals surface area contributed by atoms with Crippen LogP contribution in [0.1, 0.15) is 49.7 Å². The average Bonchev–Trinajstić information content (AvgIpc) is 2.62. The predicted octanol–water partition coefficient (Wildman–Crippen LogP) is 3.65. The van der Waals surface area contributed by atoms with Crippen molar-refractivity contribution in [2.45, 2.75) is 40.5 Å². The number of aryl methyl sites for hydroxylation is 1. The van der Waals surface area contributed by atoms with Gasteiger partial charge in [0.2, 0.25) is 0 Å².